The number of sulfonamides is 1. The van der Waals surface area contributed by atoms with Crippen molar-refractivity contribution in [3.63, 3.8) is 0 Å². The molecule has 2 aromatic rings. The van der Waals surface area contributed by atoms with E-state index in [0.29, 0.717) is 17.2 Å². The van der Waals surface area contributed by atoms with Gasteiger partial charge in [0.25, 0.3) is 0 Å². The number of nitrogens with one attached hydrogen (secondary N) is 1. The highest BCUT2D eigenvalue weighted by Gasteiger charge is 2.19. The largest absolute Gasteiger partial charge is 0.457 e. The van der Waals surface area contributed by atoms with Crippen LogP contribution in [0.1, 0.15) is 0 Å². The Bertz CT molecular complexity index is 807. The third-order valence-corrected chi connectivity index (χ3v) is 4.70. The summed E-state index contributed by atoms with van der Waals surface area (Å²) in [4.78, 5) is 12.1. The zero-order valence-electron chi connectivity index (χ0n) is 14.7. The third-order valence-electron chi connectivity index (χ3n) is 3.45. The number of amides is 1. The fourth-order valence-electron chi connectivity index (χ4n) is 2.15. The summed E-state index contributed by atoms with van der Waals surface area (Å²) in [6.07, 6.45) is 1.06. The van der Waals surface area contributed by atoms with Crippen LogP contribution in [0.3, 0.4) is 0 Å². The van der Waals surface area contributed by atoms with Crippen LogP contribution in [0.15, 0.2) is 54.6 Å². The van der Waals surface area contributed by atoms with Crippen LogP contribution < -0.4 is 10.1 Å². The molecular formula is C18H22N2O5S. The van der Waals surface area contributed by atoms with E-state index in [-0.39, 0.29) is 19.7 Å². The van der Waals surface area contributed by atoms with Gasteiger partial charge in [0.2, 0.25) is 15.9 Å². The van der Waals surface area contributed by atoms with Gasteiger partial charge in [-0.15, -0.1) is 0 Å². The first-order valence-electron chi connectivity index (χ1n) is 7.95. The number of carbonyl (C=O) groups excluding carboxylic acids is 1. The van der Waals surface area contributed by atoms with Crippen LogP contribution in [0.4, 0.5) is 5.69 Å². The van der Waals surface area contributed by atoms with Gasteiger partial charge in [0.1, 0.15) is 11.5 Å². The maximum absolute atomic E-state index is 12.1. The summed E-state index contributed by atoms with van der Waals surface area (Å²) in [6, 6.07) is 16.2. The normalized spacial score (nSPS) is 11.3. The lowest BCUT2D eigenvalue weighted by atomic mass is 10.3. The zero-order chi connectivity index (χ0) is 19.0. The van der Waals surface area contributed by atoms with Crippen LogP contribution in [-0.4, -0.2) is 51.7 Å². The Morgan fingerprint density at radius 2 is 1.65 bits per heavy atom. The molecule has 140 valence electrons. The summed E-state index contributed by atoms with van der Waals surface area (Å²) in [6.45, 7) is 0.0585. The van der Waals surface area contributed by atoms with Crippen molar-refractivity contribution in [2.75, 3.05) is 38.4 Å². The molecule has 0 fully saturated rings. The molecule has 0 saturated heterocycles. The Morgan fingerprint density at radius 3 is 2.23 bits per heavy atom. The summed E-state index contributed by atoms with van der Waals surface area (Å²) in [5, 5.41) is 2.67. The summed E-state index contributed by atoms with van der Waals surface area (Å²) >= 11 is 0. The minimum Gasteiger partial charge on any atom is -0.457 e. The van der Waals surface area contributed by atoms with E-state index in [9.17, 15) is 13.2 Å². The van der Waals surface area contributed by atoms with Crippen LogP contribution in [0.5, 0.6) is 11.5 Å². The van der Waals surface area contributed by atoms with E-state index in [2.05, 4.69) is 5.32 Å². The summed E-state index contributed by atoms with van der Waals surface area (Å²) in [5.41, 5.74) is 0.551. The Balaban J connectivity index is 1.94. The van der Waals surface area contributed by atoms with Gasteiger partial charge in [0.15, 0.2) is 0 Å². The van der Waals surface area contributed by atoms with Crippen molar-refractivity contribution in [2.24, 2.45) is 0 Å². The standard InChI is InChI=1S/C18H22N2O5S/c1-24-13-12-20(26(2,22)23)14-18(21)19-15-8-10-17(11-9-15)25-16-6-4-3-5-7-16/h3-11H,12-14H2,1-2H3,(H,19,21). The molecule has 0 atom stereocenters. The molecule has 0 aliphatic carbocycles. The number of ether oxygens (including phenoxy) is 2. The third kappa shape index (κ3) is 6.47. The molecule has 7 nitrogen and oxygen atoms in total. The number of hydrogen-bond acceptors (Lipinski definition) is 5. The molecule has 0 unspecified atom stereocenters. The van der Waals surface area contributed by atoms with Crippen LogP contribution in [-0.2, 0) is 19.6 Å². The lowest BCUT2D eigenvalue weighted by Gasteiger charge is -2.19. The molecule has 0 spiro atoms. The van der Waals surface area contributed by atoms with Gasteiger partial charge in [-0.3, -0.25) is 4.79 Å². The van der Waals surface area contributed by atoms with Gasteiger partial charge in [-0.25, -0.2) is 8.42 Å². The summed E-state index contributed by atoms with van der Waals surface area (Å²) in [5.74, 6) is 0.918. The van der Waals surface area contributed by atoms with Gasteiger partial charge in [0.05, 0.1) is 19.4 Å². The number of anilines is 1. The van der Waals surface area contributed by atoms with Crippen molar-refractivity contribution < 1.29 is 22.7 Å². The zero-order valence-corrected chi connectivity index (χ0v) is 15.5. The smallest absolute Gasteiger partial charge is 0.239 e. The monoisotopic (exact) mass is 378 g/mol. The minimum atomic E-state index is -3.49. The second kappa shape index (κ2) is 9.33. The fraction of sp³-hybridized carbons (Fsp3) is 0.278. The minimum absolute atomic E-state index is 0.118. The van der Waals surface area contributed by atoms with Crippen LogP contribution in [0.2, 0.25) is 0 Å². The molecule has 0 aromatic heterocycles. The van der Waals surface area contributed by atoms with E-state index in [1.54, 1.807) is 24.3 Å². The molecule has 0 saturated carbocycles. The second-order valence-corrected chi connectivity index (χ2v) is 7.56. The molecule has 1 N–H and O–H groups in total. The summed E-state index contributed by atoms with van der Waals surface area (Å²) in [7, 11) is -2.02. The number of nitrogens with zero attached hydrogens (tertiary/aromatic N) is 1. The number of methoxy groups -OCH3 is 1. The average Bonchev–Trinajstić information content (AvgIpc) is 2.60. The van der Waals surface area contributed by atoms with Crippen molar-refractivity contribution in [3.8, 4) is 11.5 Å². The Kier molecular flexibility index (Phi) is 7.14. The van der Waals surface area contributed by atoms with E-state index >= 15 is 0 Å². The van der Waals surface area contributed by atoms with Crippen molar-refractivity contribution >= 4 is 21.6 Å². The van der Waals surface area contributed by atoms with Gasteiger partial charge in [-0.1, -0.05) is 18.2 Å². The van der Waals surface area contributed by atoms with Crippen LogP contribution in [0.25, 0.3) is 0 Å². The highest BCUT2D eigenvalue weighted by molar-refractivity contribution is 7.88. The fourth-order valence-corrected chi connectivity index (χ4v) is 2.90. The molecule has 26 heavy (non-hydrogen) atoms. The van der Waals surface area contributed by atoms with E-state index in [0.717, 1.165) is 10.6 Å². The maximum Gasteiger partial charge on any atom is 0.239 e. The van der Waals surface area contributed by atoms with Crippen molar-refractivity contribution in [1.82, 2.24) is 4.31 Å². The van der Waals surface area contributed by atoms with E-state index in [1.807, 2.05) is 30.3 Å². The predicted molar refractivity (Wildman–Crippen MR) is 99.9 cm³/mol. The molecule has 1 amide bonds. The number of carbonyl (C=O) groups is 1. The quantitative estimate of drug-likeness (QED) is 0.724. The van der Waals surface area contributed by atoms with Gasteiger partial charge in [-0.2, -0.15) is 4.31 Å². The van der Waals surface area contributed by atoms with Gasteiger partial charge < -0.3 is 14.8 Å². The molecule has 2 aromatic carbocycles. The summed E-state index contributed by atoms with van der Waals surface area (Å²) < 4.78 is 35.1. The van der Waals surface area contributed by atoms with Gasteiger partial charge in [-0.05, 0) is 36.4 Å². The lowest BCUT2D eigenvalue weighted by molar-refractivity contribution is -0.116. The Hall–Kier alpha value is -2.42. The first kappa shape index (κ1) is 19.9. The van der Waals surface area contributed by atoms with Crippen LogP contribution >= 0.6 is 0 Å². The number of rotatable bonds is 9. The molecule has 0 heterocycles. The number of para-hydroxylation sites is 1. The van der Waals surface area contributed by atoms with Crippen molar-refractivity contribution in [1.29, 1.82) is 0 Å². The topological polar surface area (TPSA) is 84.9 Å². The van der Waals surface area contributed by atoms with E-state index in [1.165, 1.54) is 7.11 Å². The molecule has 0 radical (unpaired) electrons. The predicted octanol–water partition coefficient (Wildman–Crippen LogP) is 2.33. The lowest BCUT2D eigenvalue weighted by Crippen LogP contribution is -2.39. The molecule has 0 aliphatic rings. The van der Waals surface area contributed by atoms with Crippen molar-refractivity contribution in [3.05, 3.63) is 54.6 Å². The average molecular weight is 378 g/mol. The maximum atomic E-state index is 12.1. The SMILES string of the molecule is COCCN(CC(=O)Nc1ccc(Oc2ccccc2)cc1)S(C)(=O)=O. The highest BCUT2D eigenvalue weighted by atomic mass is 32.2. The number of benzene rings is 2. The second-order valence-electron chi connectivity index (χ2n) is 5.58. The first-order valence-corrected chi connectivity index (χ1v) is 9.80. The first-order chi connectivity index (χ1) is 12.4. The van der Waals surface area contributed by atoms with Crippen LogP contribution in [0, 0.1) is 0 Å². The van der Waals surface area contributed by atoms with Gasteiger partial charge in [0, 0.05) is 19.3 Å². The van der Waals surface area contributed by atoms with E-state index < -0.39 is 15.9 Å². The Morgan fingerprint density at radius 1 is 1.04 bits per heavy atom. The number of hydrogen-bond donors (Lipinski definition) is 1. The molecule has 0 aliphatic heterocycles. The highest BCUT2D eigenvalue weighted by Crippen LogP contribution is 2.22. The Labute approximate surface area is 153 Å². The molecule has 8 heteroatoms. The van der Waals surface area contributed by atoms with E-state index in [4.69, 9.17) is 9.47 Å². The molecular weight excluding hydrogens is 356 g/mol. The van der Waals surface area contributed by atoms with Crippen molar-refractivity contribution in [2.45, 2.75) is 0 Å². The molecule has 2 rings (SSSR count). The molecule has 0 bridgehead atoms. The van der Waals surface area contributed by atoms with Gasteiger partial charge >= 0.3 is 0 Å².